The van der Waals surface area contributed by atoms with E-state index in [2.05, 4.69) is 37.0 Å². The van der Waals surface area contributed by atoms with Crippen molar-refractivity contribution < 1.29 is 22.0 Å². The van der Waals surface area contributed by atoms with Gasteiger partial charge in [-0.15, -0.1) is 0 Å². The van der Waals surface area contributed by atoms with Crippen LogP contribution in [0.25, 0.3) is 0 Å². The highest BCUT2D eigenvalue weighted by Gasteiger charge is 2.31. The van der Waals surface area contributed by atoms with Gasteiger partial charge in [0.2, 0.25) is 0 Å². The molecule has 3 fully saturated rings. The summed E-state index contributed by atoms with van der Waals surface area (Å²) >= 11 is 0. The van der Waals surface area contributed by atoms with Crippen molar-refractivity contribution in [2.24, 2.45) is 0 Å². The van der Waals surface area contributed by atoms with Gasteiger partial charge in [0.05, 0.1) is 23.2 Å². The lowest BCUT2D eigenvalue weighted by Crippen LogP contribution is -2.52. The van der Waals surface area contributed by atoms with Crippen molar-refractivity contribution in [3.8, 4) is 0 Å². The number of hydrogen-bond acceptors (Lipinski definition) is 10. The number of sulfone groups is 1. The van der Waals surface area contributed by atoms with Gasteiger partial charge in [0.25, 0.3) is 0 Å². The van der Waals surface area contributed by atoms with E-state index in [1.807, 2.05) is 12.1 Å². The highest BCUT2D eigenvalue weighted by molar-refractivity contribution is 7.90. The van der Waals surface area contributed by atoms with Crippen LogP contribution in [0.3, 0.4) is 0 Å². The third kappa shape index (κ3) is 6.74. The van der Waals surface area contributed by atoms with Gasteiger partial charge < -0.3 is 15.1 Å². The van der Waals surface area contributed by atoms with E-state index in [0.29, 0.717) is 47.6 Å². The number of halogens is 2. The van der Waals surface area contributed by atoms with Crippen molar-refractivity contribution in [3.05, 3.63) is 66.0 Å². The van der Waals surface area contributed by atoms with Crippen molar-refractivity contribution in [1.82, 2.24) is 19.8 Å². The minimum Gasteiger partial charge on any atom is -0.370 e. The summed E-state index contributed by atoms with van der Waals surface area (Å²) in [5.41, 5.74) is 1.72. The first-order valence-electron chi connectivity index (χ1n) is 14.6. The van der Waals surface area contributed by atoms with Crippen molar-refractivity contribution in [2.75, 3.05) is 74.5 Å². The van der Waals surface area contributed by atoms with Crippen LogP contribution in [0.1, 0.15) is 30.9 Å². The number of nitrogens with zero attached hydrogens (tertiary/aromatic N) is 6. The summed E-state index contributed by atoms with van der Waals surface area (Å²) in [6.45, 7) is 6.28. The normalized spacial score (nSPS) is 21.0. The number of piperazine rings is 1. The lowest BCUT2D eigenvalue weighted by molar-refractivity contribution is 0.0981. The molecule has 4 heterocycles. The van der Waals surface area contributed by atoms with Crippen LogP contribution in [-0.2, 0) is 14.7 Å². The van der Waals surface area contributed by atoms with Crippen LogP contribution >= 0.6 is 0 Å². The molecular weight excluding hydrogens is 576 g/mol. The maximum atomic E-state index is 13.9. The van der Waals surface area contributed by atoms with Crippen molar-refractivity contribution in [3.63, 3.8) is 0 Å². The maximum absolute atomic E-state index is 13.9. The van der Waals surface area contributed by atoms with Crippen LogP contribution in [0.4, 0.5) is 31.8 Å². The Hall–Kier alpha value is -3.39. The predicted molar refractivity (Wildman–Crippen MR) is 161 cm³/mol. The fourth-order valence-electron chi connectivity index (χ4n) is 6.26. The molecule has 0 spiro atoms. The molecule has 0 radical (unpaired) electrons. The van der Waals surface area contributed by atoms with E-state index < -0.39 is 27.5 Å². The predicted octanol–water partition coefficient (Wildman–Crippen LogP) is 4.00. The molecule has 3 aliphatic rings. The first-order chi connectivity index (χ1) is 20.6. The van der Waals surface area contributed by atoms with Gasteiger partial charge in [0, 0.05) is 75.8 Å². The molecule has 10 nitrogen and oxygen atoms in total. The van der Waals surface area contributed by atoms with Crippen LogP contribution in [0, 0.1) is 11.6 Å². The molecule has 0 unspecified atom stereocenters. The van der Waals surface area contributed by atoms with Crippen LogP contribution in [0.2, 0.25) is 0 Å². The Kier molecular flexibility index (Phi) is 8.49. The summed E-state index contributed by atoms with van der Waals surface area (Å²) in [4.78, 5) is 21.8. The summed E-state index contributed by atoms with van der Waals surface area (Å²) in [6.07, 6.45) is 5.12. The molecule has 3 aliphatic heterocycles. The summed E-state index contributed by atoms with van der Waals surface area (Å²) in [5, 5.41) is 4.72. The van der Waals surface area contributed by atoms with E-state index in [1.54, 1.807) is 12.1 Å². The van der Waals surface area contributed by atoms with E-state index in [1.165, 1.54) is 29.8 Å². The fraction of sp³-hybridized carbons (Fsp3) is 0.467. The highest BCUT2D eigenvalue weighted by Crippen LogP contribution is 2.36. The molecule has 1 aromatic heterocycles. The average molecular weight is 614 g/mol. The second-order valence-electron chi connectivity index (χ2n) is 11.6. The summed E-state index contributed by atoms with van der Waals surface area (Å²) in [6, 6.07) is 10.5. The summed E-state index contributed by atoms with van der Waals surface area (Å²) in [5.74, 6) is -0.481. The molecule has 3 aromatic rings. The number of rotatable bonds is 7. The molecule has 2 aromatic carbocycles. The van der Waals surface area contributed by atoms with E-state index >= 15 is 0 Å². The van der Waals surface area contributed by atoms with Gasteiger partial charge in [0.15, 0.2) is 15.7 Å². The number of aromatic nitrogens is 2. The van der Waals surface area contributed by atoms with Gasteiger partial charge in [-0.05, 0) is 55.8 Å². The number of likely N-dealkylation sites (N-methyl/N-ethyl adjacent to an activating group) is 1. The second kappa shape index (κ2) is 12.3. The lowest BCUT2D eigenvalue weighted by atomic mass is 10.0. The third-order valence-corrected chi connectivity index (χ3v) is 9.67. The SMILES string of the molecule is CN1CCN(C2CCN(c3ccc(Nc4cc(N5OCC[C@@H]5c5cc(F)cc(F)c5)ncn4)cc3S(C)(=O)=O)CC2)CC1. The molecule has 0 bridgehead atoms. The van der Waals surface area contributed by atoms with E-state index in [-0.39, 0.29) is 4.90 Å². The number of hydrogen-bond donors (Lipinski definition) is 1. The largest absolute Gasteiger partial charge is 0.370 e. The number of hydroxylamine groups is 1. The highest BCUT2D eigenvalue weighted by atomic mass is 32.2. The molecular formula is C30H37F2N7O3S. The Labute approximate surface area is 251 Å². The van der Waals surface area contributed by atoms with E-state index in [0.717, 1.165) is 58.2 Å². The van der Waals surface area contributed by atoms with Crippen LogP contribution < -0.4 is 15.3 Å². The topological polar surface area (TPSA) is 94.1 Å². The van der Waals surface area contributed by atoms with Gasteiger partial charge >= 0.3 is 0 Å². The number of benzene rings is 2. The molecule has 1 atom stereocenters. The standard InChI is InChI=1S/C30H37F2N7O3S/c1-36-10-12-37(13-11-36)25-5-8-38(9-6-25)27-4-3-24(18-28(27)43(2,40)41)35-29-19-30(34-20-33-29)39-26(7-14-42-39)21-15-22(31)17-23(32)16-21/h3-4,15-20,25-26H,5-14H2,1-2H3,(H,33,34,35)/t26-/m1/s1. The van der Waals surface area contributed by atoms with Crippen molar-refractivity contribution >= 4 is 32.8 Å². The Morgan fingerprint density at radius 2 is 1.63 bits per heavy atom. The van der Waals surface area contributed by atoms with Gasteiger partial charge in [-0.2, -0.15) is 0 Å². The number of anilines is 4. The number of piperidine rings is 1. The smallest absolute Gasteiger partial charge is 0.177 e. The van der Waals surface area contributed by atoms with Gasteiger partial charge in [-0.1, -0.05) is 0 Å². The van der Waals surface area contributed by atoms with Crippen LogP contribution in [0.15, 0.2) is 53.7 Å². The Morgan fingerprint density at radius 1 is 0.907 bits per heavy atom. The first-order valence-corrected chi connectivity index (χ1v) is 16.5. The molecule has 230 valence electrons. The first kappa shape index (κ1) is 29.7. The monoisotopic (exact) mass is 613 g/mol. The Bertz CT molecular complexity index is 1540. The molecule has 1 N–H and O–H groups in total. The molecule has 0 saturated carbocycles. The fourth-order valence-corrected chi connectivity index (χ4v) is 7.18. The average Bonchev–Trinajstić information content (AvgIpc) is 3.47. The van der Waals surface area contributed by atoms with Gasteiger partial charge in [0.1, 0.15) is 23.8 Å². The van der Waals surface area contributed by atoms with E-state index in [4.69, 9.17) is 4.84 Å². The van der Waals surface area contributed by atoms with E-state index in [9.17, 15) is 17.2 Å². The van der Waals surface area contributed by atoms with Crippen LogP contribution in [-0.4, -0.2) is 93.4 Å². The zero-order valence-corrected chi connectivity index (χ0v) is 25.2. The molecule has 0 aliphatic carbocycles. The lowest BCUT2D eigenvalue weighted by Gasteiger charge is -2.42. The third-order valence-electron chi connectivity index (χ3n) is 8.54. The van der Waals surface area contributed by atoms with Gasteiger partial charge in [-0.3, -0.25) is 9.74 Å². The molecule has 13 heteroatoms. The zero-order chi connectivity index (χ0) is 30.1. The van der Waals surface area contributed by atoms with Crippen molar-refractivity contribution in [1.29, 1.82) is 0 Å². The van der Waals surface area contributed by atoms with Crippen LogP contribution in [0.5, 0.6) is 0 Å². The molecule has 43 heavy (non-hydrogen) atoms. The maximum Gasteiger partial charge on any atom is 0.177 e. The van der Waals surface area contributed by atoms with Gasteiger partial charge in [-0.25, -0.2) is 32.2 Å². The zero-order valence-electron chi connectivity index (χ0n) is 24.4. The molecule has 0 amide bonds. The van der Waals surface area contributed by atoms with Crippen molar-refractivity contribution in [2.45, 2.75) is 36.2 Å². The minimum absolute atomic E-state index is 0.265. The summed E-state index contributed by atoms with van der Waals surface area (Å²) < 4.78 is 53.6. The number of nitrogens with one attached hydrogen (secondary N) is 1. The quantitative estimate of drug-likeness (QED) is 0.422. The molecule has 3 saturated heterocycles. The Morgan fingerprint density at radius 3 is 2.33 bits per heavy atom. The molecule has 6 rings (SSSR count). The summed E-state index contributed by atoms with van der Waals surface area (Å²) in [7, 11) is -1.37. The Balaban J connectivity index is 1.18. The minimum atomic E-state index is -3.52. The second-order valence-corrected chi connectivity index (χ2v) is 13.5.